The van der Waals surface area contributed by atoms with E-state index in [2.05, 4.69) is 28.2 Å². The highest BCUT2D eigenvalue weighted by molar-refractivity contribution is 7.85. The van der Waals surface area contributed by atoms with Gasteiger partial charge in [-0.15, -0.1) is 0 Å². The topological polar surface area (TPSA) is 45.2 Å². The molecule has 4 nitrogen and oxygen atoms in total. The van der Waals surface area contributed by atoms with Crippen molar-refractivity contribution in [2.45, 2.75) is 32.4 Å². The first kappa shape index (κ1) is 13.1. The Bertz CT molecular complexity index is 478. The first-order valence-corrected chi connectivity index (χ1v) is 8.50. The van der Waals surface area contributed by atoms with E-state index < -0.39 is 10.8 Å². The van der Waals surface area contributed by atoms with E-state index >= 15 is 0 Å². The van der Waals surface area contributed by atoms with Crippen LogP contribution in [0.2, 0.25) is 0 Å². The van der Waals surface area contributed by atoms with Gasteiger partial charge in [0, 0.05) is 54.2 Å². The monoisotopic (exact) mass is 279 g/mol. The Balaban J connectivity index is 1.66. The second-order valence-electron chi connectivity index (χ2n) is 5.47. The number of nitrogens with one attached hydrogen (secondary N) is 1. The SMILES string of the molecule is Cc1cc(CNC2CC2)cnc1N1CCS(=O)CC1. The lowest BCUT2D eigenvalue weighted by molar-refractivity contribution is 0.671. The number of hydrogen-bond donors (Lipinski definition) is 1. The molecule has 2 fully saturated rings. The summed E-state index contributed by atoms with van der Waals surface area (Å²) < 4.78 is 11.4. The Morgan fingerprint density at radius 3 is 2.79 bits per heavy atom. The molecule has 0 atom stereocenters. The number of aryl methyl sites for hydroxylation is 1. The molecule has 3 rings (SSSR count). The molecule has 1 aliphatic heterocycles. The zero-order valence-corrected chi connectivity index (χ0v) is 12.2. The summed E-state index contributed by atoms with van der Waals surface area (Å²) in [5.74, 6) is 2.60. The van der Waals surface area contributed by atoms with Crippen LogP contribution in [0.4, 0.5) is 5.82 Å². The van der Waals surface area contributed by atoms with Crippen LogP contribution in [0.15, 0.2) is 12.3 Å². The molecule has 1 aromatic heterocycles. The molecule has 2 heterocycles. The van der Waals surface area contributed by atoms with E-state index in [1.807, 2.05) is 6.20 Å². The van der Waals surface area contributed by atoms with E-state index in [9.17, 15) is 4.21 Å². The van der Waals surface area contributed by atoms with Crippen molar-refractivity contribution in [1.82, 2.24) is 10.3 Å². The molecular formula is C14H21N3OS. The van der Waals surface area contributed by atoms with Gasteiger partial charge < -0.3 is 10.2 Å². The molecule has 1 saturated heterocycles. The van der Waals surface area contributed by atoms with Gasteiger partial charge in [-0.25, -0.2) is 4.98 Å². The summed E-state index contributed by atoms with van der Waals surface area (Å²) in [4.78, 5) is 6.87. The quantitative estimate of drug-likeness (QED) is 0.900. The minimum atomic E-state index is -0.627. The zero-order valence-electron chi connectivity index (χ0n) is 11.4. The molecule has 19 heavy (non-hydrogen) atoms. The maximum absolute atomic E-state index is 11.4. The average Bonchev–Trinajstić information content (AvgIpc) is 3.22. The van der Waals surface area contributed by atoms with Crippen molar-refractivity contribution in [2.24, 2.45) is 0 Å². The molecule has 1 aliphatic carbocycles. The number of aromatic nitrogens is 1. The molecule has 1 aromatic rings. The summed E-state index contributed by atoms with van der Waals surface area (Å²) in [6, 6.07) is 2.96. The summed E-state index contributed by atoms with van der Waals surface area (Å²) in [5, 5.41) is 3.51. The van der Waals surface area contributed by atoms with Gasteiger partial charge in [0.1, 0.15) is 5.82 Å². The van der Waals surface area contributed by atoms with Crippen molar-refractivity contribution in [1.29, 1.82) is 0 Å². The minimum Gasteiger partial charge on any atom is -0.355 e. The molecule has 1 N–H and O–H groups in total. The maximum Gasteiger partial charge on any atom is 0.131 e. The van der Waals surface area contributed by atoms with E-state index in [0.29, 0.717) is 0 Å². The lowest BCUT2D eigenvalue weighted by Crippen LogP contribution is -2.38. The van der Waals surface area contributed by atoms with Gasteiger partial charge in [-0.05, 0) is 37.0 Å². The van der Waals surface area contributed by atoms with E-state index in [0.717, 1.165) is 43.0 Å². The van der Waals surface area contributed by atoms with Gasteiger partial charge in [0.15, 0.2) is 0 Å². The number of rotatable bonds is 4. The van der Waals surface area contributed by atoms with Gasteiger partial charge in [0.05, 0.1) is 0 Å². The Morgan fingerprint density at radius 2 is 2.16 bits per heavy atom. The van der Waals surface area contributed by atoms with Crippen LogP contribution in [0.1, 0.15) is 24.0 Å². The number of pyridine rings is 1. The molecule has 0 bridgehead atoms. The minimum absolute atomic E-state index is 0.627. The van der Waals surface area contributed by atoms with Crippen molar-refractivity contribution >= 4 is 16.6 Å². The van der Waals surface area contributed by atoms with Crippen LogP contribution in [0, 0.1) is 6.92 Å². The lowest BCUT2D eigenvalue weighted by atomic mass is 10.2. The fraction of sp³-hybridized carbons (Fsp3) is 0.643. The van der Waals surface area contributed by atoms with E-state index in [-0.39, 0.29) is 0 Å². The molecule has 2 aliphatic rings. The fourth-order valence-corrected chi connectivity index (χ4v) is 3.51. The predicted molar refractivity (Wildman–Crippen MR) is 78.9 cm³/mol. The van der Waals surface area contributed by atoms with Gasteiger partial charge in [0.25, 0.3) is 0 Å². The van der Waals surface area contributed by atoms with E-state index in [1.165, 1.54) is 24.0 Å². The average molecular weight is 279 g/mol. The van der Waals surface area contributed by atoms with Crippen LogP contribution < -0.4 is 10.2 Å². The Morgan fingerprint density at radius 1 is 1.42 bits per heavy atom. The highest BCUT2D eigenvalue weighted by Crippen LogP contribution is 2.21. The van der Waals surface area contributed by atoms with Gasteiger partial charge in [-0.3, -0.25) is 4.21 Å². The Labute approximate surface area is 117 Å². The summed E-state index contributed by atoms with van der Waals surface area (Å²) in [6.07, 6.45) is 4.61. The van der Waals surface area contributed by atoms with Crippen LogP contribution in [0.3, 0.4) is 0 Å². The Hall–Kier alpha value is -0.940. The Kier molecular flexibility index (Phi) is 3.84. The molecule has 0 unspecified atom stereocenters. The predicted octanol–water partition coefficient (Wildman–Crippen LogP) is 1.21. The van der Waals surface area contributed by atoms with E-state index in [4.69, 9.17) is 0 Å². The first-order valence-electron chi connectivity index (χ1n) is 7.01. The molecule has 0 aromatic carbocycles. The van der Waals surface area contributed by atoms with Gasteiger partial charge in [-0.1, -0.05) is 0 Å². The van der Waals surface area contributed by atoms with Crippen molar-refractivity contribution in [3.8, 4) is 0 Å². The summed E-state index contributed by atoms with van der Waals surface area (Å²) in [7, 11) is -0.627. The second kappa shape index (κ2) is 5.59. The number of nitrogens with zero attached hydrogens (tertiary/aromatic N) is 2. The van der Waals surface area contributed by atoms with Crippen molar-refractivity contribution in [3.05, 3.63) is 23.4 Å². The van der Waals surface area contributed by atoms with Crippen LogP contribution in [-0.4, -0.2) is 39.8 Å². The summed E-state index contributed by atoms with van der Waals surface area (Å²) in [5.41, 5.74) is 2.48. The van der Waals surface area contributed by atoms with Crippen molar-refractivity contribution in [3.63, 3.8) is 0 Å². The molecule has 5 heteroatoms. The number of anilines is 1. The number of hydrogen-bond acceptors (Lipinski definition) is 4. The molecule has 0 spiro atoms. The highest BCUT2D eigenvalue weighted by Gasteiger charge is 2.21. The first-order chi connectivity index (χ1) is 9.22. The largest absolute Gasteiger partial charge is 0.355 e. The molecule has 0 amide bonds. The normalized spacial score (nSPS) is 20.8. The third kappa shape index (κ3) is 3.34. The third-order valence-electron chi connectivity index (χ3n) is 3.76. The van der Waals surface area contributed by atoms with Crippen LogP contribution in [0.25, 0.3) is 0 Å². The molecule has 104 valence electrons. The summed E-state index contributed by atoms with van der Waals surface area (Å²) >= 11 is 0. The summed E-state index contributed by atoms with van der Waals surface area (Å²) in [6.45, 7) is 4.76. The zero-order chi connectivity index (χ0) is 13.2. The van der Waals surface area contributed by atoms with Crippen molar-refractivity contribution < 1.29 is 4.21 Å². The van der Waals surface area contributed by atoms with Gasteiger partial charge >= 0.3 is 0 Å². The molecule has 1 saturated carbocycles. The second-order valence-corrected chi connectivity index (χ2v) is 7.17. The van der Waals surface area contributed by atoms with Crippen LogP contribution >= 0.6 is 0 Å². The molecular weight excluding hydrogens is 258 g/mol. The lowest BCUT2D eigenvalue weighted by Gasteiger charge is -2.28. The van der Waals surface area contributed by atoms with E-state index in [1.54, 1.807) is 0 Å². The van der Waals surface area contributed by atoms with Crippen LogP contribution in [-0.2, 0) is 17.3 Å². The van der Waals surface area contributed by atoms with Crippen molar-refractivity contribution in [2.75, 3.05) is 29.5 Å². The van der Waals surface area contributed by atoms with Gasteiger partial charge in [0.2, 0.25) is 0 Å². The molecule has 0 radical (unpaired) electrons. The van der Waals surface area contributed by atoms with Crippen LogP contribution in [0.5, 0.6) is 0 Å². The fourth-order valence-electron chi connectivity index (χ4n) is 2.45. The van der Waals surface area contributed by atoms with Gasteiger partial charge in [-0.2, -0.15) is 0 Å². The third-order valence-corrected chi connectivity index (χ3v) is 5.03. The standard InChI is InChI=1S/C14H21N3OS/c1-11-8-12(9-15-13-2-3-13)10-16-14(11)17-4-6-19(18)7-5-17/h8,10,13,15H,2-7,9H2,1H3. The smallest absolute Gasteiger partial charge is 0.131 e. The maximum atomic E-state index is 11.4. The highest BCUT2D eigenvalue weighted by atomic mass is 32.2.